The van der Waals surface area contributed by atoms with E-state index in [1.165, 1.54) is 6.07 Å². The lowest BCUT2D eigenvalue weighted by atomic mass is 9.47. The first-order valence-corrected chi connectivity index (χ1v) is 13.1. The molecule has 2 fully saturated rings. The van der Waals surface area contributed by atoms with Crippen molar-refractivity contribution >= 4 is 22.7 Å². The van der Waals surface area contributed by atoms with Crippen molar-refractivity contribution in [2.75, 3.05) is 0 Å². The van der Waals surface area contributed by atoms with E-state index in [1.54, 1.807) is 12.1 Å². The van der Waals surface area contributed by atoms with Crippen LogP contribution in [0, 0.1) is 23.1 Å². The van der Waals surface area contributed by atoms with Gasteiger partial charge in [-0.15, -0.1) is 0 Å². The number of carboxylic acids is 1. The maximum atomic E-state index is 14.7. The van der Waals surface area contributed by atoms with Crippen molar-refractivity contribution in [1.82, 2.24) is 4.57 Å². The number of halogens is 1. The van der Waals surface area contributed by atoms with E-state index in [1.807, 2.05) is 29.0 Å². The second kappa shape index (κ2) is 9.29. The molecule has 3 aromatic carbocycles. The summed E-state index contributed by atoms with van der Waals surface area (Å²) in [5, 5.41) is 9.48. The maximum absolute atomic E-state index is 14.7. The Balaban J connectivity index is 1.17. The van der Waals surface area contributed by atoms with Gasteiger partial charge in [0.25, 0.3) is 0 Å². The predicted molar refractivity (Wildman–Crippen MR) is 142 cm³/mol. The van der Waals surface area contributed by atoms with Crippen LogP contribution in [-0.4, -0.2) is 21.4 Å². The Morgan fingerprint density at radius 1 is 0.838 bits per heavy atom. The number of hydrogen-bond acceptors (Lipinski definition) is 2. The Bertz CT molecular complexity index is 1460. The van der Waals surface area contributed by atoms with Crippen LogP contribution in [0.3, 0.4) is 0 Å². The van der Waals surface area contributed by atoms with Crippen LogP contribution in [0.15, 0.2) is 79.0 Å². The van der Waals surface area contributed by atoms with Crippen molar-refractivity contribution < 1.29 is 19.1 Å². The number of carboxylic acid groups (broad SMARTS) is 1. The zero-order chi connectivity index (χ0) is 25.6. The van der Waals surface area contributed by atoms with Gasteiger partial charge in [0.15, 0.2) is 5.78 Å². The van der Waals surface area contributed by atoms with Crippen molar-refractivity contribution in [3.05, 3.63) is 95.9 Å². The lowest BCUT2D eigenvalue weighted by Crippen LogP contribution is -2.48. The molecule has 4 nitrogen and oxygen atoms in total. The molecule has 6 rings (SSSR count). The van der Waals surface area contributed by atoms with Gasteiger partial charge >= 0.3 is 5.97 Å². The van der Waals surface area contributed by atoms with Crippen LogP contribution < -0.4 is 0 Å². The monoisotopic (exact) mass is 495 g/mol. The summed E-state index contributed by atoms with van der Waals surface area (Å²) < 4.78 is 16.7. The van der Waals surface area contributed by atoms with E-state index in [0.29, 0.717) is 35.3 Å². The number of aromatic nitrogens is 1. The number of hydrogen-bond donors (Lipinski definition) is 1. The molecule has 2 aliphatic carbocycles. The molecule has 2 aliphatic rings. The fourth-order valence-corrected chi connectivity index (χ4v) is 6.85. The summed E-state index contributed by atoms with van der Waals surface area (Å²) >= 11 is 0. The number of carbonyl (C=O) groups excluding carboxylic acids is 1. The molecule has 0 bridgehead atoms. The summed E-state index contributed by atoms with van der Waals surface area (Å²) in [4.78, 5) is 24.3. The van der Waals surface area contributed by atoms with Gasteiger partial charge in [0.1, 0.15) is 5.82 Å². The molecule has 1 heterocycles. The summed E-state index contributed by atoms with van der Waals surface area (Å²) in [5.74, 6) is -0.360. The van der Waals surface area contributed by atoms with Crippen LogP contribution >= 0.6 is 0 Å². The highest BCUT2D eigenvalue weighted by atomic mass is 19.1. The van der Waals surface area contributed by atoms with E-state index < -0.39 is 5.97 Å². The Morgan fingerprint density at radius 3 is 2.16 bits per heavy atom. The minimum absolute atomic E-state index is 0.0608. The Morgan fingerprint density at radius 2 is 1.49 bits per heavy atom. The fraction of sp³-hybridized carbons (Fsp3) is 0.312. The van der Waals surface area contributed by atoms with E-state index in [-0.39, 0.29) is 29.4 Å². The summed E-state index contributed by atoms with van der Waals surface area (Å²) in [6, 6.07) is 23.4. The SMILES string of the molecule is O=C(O)CC1CC2(C1)CC(CC(=O)c1ccc(F)c3ccn(Cc4ccc(-c5ccccc5)cc4)c13)C2. The molecule has 0 saturated heterocycles. The maximum Gasteiger partial charge on any atom is 0.303 e. The number of aliphatic carboxylic acids is 1. The van der Waals surface area contributed by atoms with Crippen LogP contribution in [0.4, 0.5) is 4.39 Å². The van der Waals surface area contributed by atoms with Gasteiger partial charge in [-0.1, -0.05) is 54.6 Å². The number of ketones is 1. The van der Waals surface area contributed by atoms with Gasteiger partial charge < -0.3 is 9.67 Å². The number of Topliss-reactive ketones (excluding diaryl/α,β-unsaturated/α-hetero) is 1. The van der Waals surface area contributed by atoms with E-state index in [0.717, 1.165) is 42.4 Å². The van der Waals surface area contributed by atoms with E-state index in [4.69, 9.17) is 5.11 Å². The average molecular weight is 496 g/mol. The Kier molecular flexibility index (Phi) is 5.94. The van der Waals surface area contributed by atoms with Gasteiger partial charge in [0, 0.05) is 36.5 Å². The van der Waals surface area contributed by atoms with Crippen LogP contribution in [0.25, 0.3) is 22.0 Å². The lowest BCUT2D eigenvalue weighted by Gasteiger charge is -2.58. The summed E-state index contributed by atoms with van der Waals surface area (Å²) in [6.45, 7) is 0.555. The molecule has 4 aromatic rings. The Hall–Kier alpha value is -3.73. The third-order valence-corrected chi connectivity index (χ3v) is 8.41. The molecule has 2 saturated carbocycles. The zero-order valence-corrected chi connectivity index (χ0v) is 20.7. The minimum atomic E-state index is -0.721. The van der Waals surface area contributed by atoms with Crippen molar-refractivity contribution in [2.45, 2.75) is 45.1 Å². The van der Waals surface area contributed by atoms with E-state index >= 15 is 0 Å². The highest BCUT2D eigenvalue weighted by Crippen LogP contribution is 2.62. The molecule has 5 heteroatoms. The molecule has 0 unspecified atom stereocenters. The molecular formula is C32H30FNO3. The smallest absolute Gasteiger partial charge is 0.303 e. The topological polar surface area (TPSA) is 59.3 Å². The fourth-order valence-electron chi connectivity index (χ4n) is 6.85. The third kappa shape index (κ3) is 4.59. The standard InChI is InChI=1S/C32H30FNO3/c33-28-11-10-27(29(35)14-22-16-32(17-22)18-23(19-32)15-30(36)37)31-26(28)12-13-34(31)20-21-6-8-25(9-7-21)24-4-2-1-3-5-24/h1-13,22-23H,14-20H2,(H,36,37). The molecule has 188 valence electrons. The first-order valence-electron chi connectivity index (χ1n) is 13.1. The quantitative estimate of drug-likeness (QED) is 0.260. The molecule has 0 aliphatic heterocycles. The summed E-state index contributed by atoms with van der Waals surface area (Å²) in [7, 11) is 0. The molecule has 1 aromatic heterocycles. The van der Waals surface area contributed by atoms with E-state index in [2.05, 4.69) is 36.4 Å². The molecule has 1 spiro atoms. The van der Waals surface area contributed by atoms with Crippen LogP contribution in [0.1, 0.15) is 54.4 Å². The van der Waals surface area contributed by atoms with Gasteiger partial charge in [-0.05, 0) is 77.8 Å². The molecular weight excluding hydrogens is 465 g/mol. The largest absolute Gasteiger partial charge is 0.481 e. The minimum Gasteiger partial charge on any atom is -0.481 e. The highest BCUT2D eigenvalue weighted by Gasteiger charge is 2.53. The number of rotatable bonds is 8. The predicted octanol–water partition coefficient (Wildman–Crippen LogP) is 7.35. The Labute approximate surface area is 215 Å². The number of carbonyl (C=O) groups is 2. The van der Waals surface area contributed by atoms with Gasteiger partial charge in [-0.2, -0.15) is 0 Å². The van der Waals surface area contributed by atoms with Crippen molar-refractivity contribution in [1.29, 1.82) is 0 Å². The van der Waals surface area contributed by atoms with Crippen molar-refractivity contribution in [3.63, 3.8) is 0 Å². The van der Waals surface area contributed by atoms with Crippen molar-refractivity contribution in [3.8, 4) is 11.1 Å². The van der Waals surface area contributed by atoms with Crippen LogP contribution in [-0.2, 0) is 11.3 Å². The molecule has 0 atom stereocenters. The molecule has 37 heavy (non-hydrogen) atoms. The second-order valence-electron chi connectivity index (χ2n) is 11.1. The van der Waals surface area contributed by atoms with E-state index in [9.17, 15) is 14.0 Å². The molecule has 1 N–H and O–H groups in total. The van der Waals surface area contributed by atoms with Crippen molar-refractivity contribution in [2.24, 2.45) is 17.3 Å². The molecule has 0 amide bonds. The molecule has 0 radical (unpaired) electrons. The highest BCUT2D eigenvalue weighted by molar-refractivity contribution is 6.07. The van der Waals surface area contributed by atoms with Crippen LogP contribution in [0.2, 0.25) is 0 Å². The lowest BCUT2D eigenvalue weighted by molar-refractivity contribution is -0.142. The normalized spacial score (nSPS) is 22.5. The average Bonchev–Trinajstić information content (AvgIpc) is 3.27. The first kappa shape index (κ1) is 23.7. The van der Waals surface area contributed by atoms with Crippen LogP contribution in [0.5, 0.6) is 0 Å². The van der Waals surface area contributed by atoms with Gasteiger partial charge in [-0.25, -0.2) is 4.39 Å². The first-order chi connectivity index (χ1) is 17.9. The van der Waals surface area contributed by atoms with Gasteiger partial charge in [-0.3, -0.25) is 9.59 Å². The second-order valence-corrected chi connectivity index (χ2v) is 11.1. The zero-order valence-electron chi connectivity index (χ0n) is 20.7. The third-order valence-electron chi connectivity index (χ3n) is 8.41. The number of nitrogens with zero attached hydrogens (tertiary/aromatic N) is 1. The van der Waals surface area contributed by atoms with Gasteiger partial charge in [0.05, 0.1) is 5.52 Å². The number of benzene rings is 3. The number of fused-ring (bicyclic) bond motifs is 1. The van der Waals surface area contributed by atoms with Gasteiger partial charge in [0.2, 0.25) is 0 Å². The summed E-state index contributed by atoms with van der Waals surface area (Å²) in [6.07, 6.45) is 6.51. The summed E-state index contributed by atoms with van der Waals surface area (Å²) in [5.41, 5.74) is 4.89.